The molecule has 2 rings (SSSR count). The van der Waals surface area contributed by atoms with Gasteiger partial charge in [0.2, 0.25) is 0 Å². The Bertz CT molecular complexity index is 710. The van der Waals surface area contributed by atoms with Crippen LogP contribution in [0.2, 0.25) is 0 Å². The van der Waals surface area contributed by atoms with Crippen LogP contribution in [0, 0.1) is 0 Å². The predicted molar refractivity (Wildman–Crippen MR) is 82.9 cm³/mol. The molecule has 24 heavy (non-hydrogen) atoms. The van der Waals surface area contributed by atoms with Gasteiger partial charge in [-0.2, -0.15) is 9.58 Å². The van der Waals surface area contributed by atoms with Gasteiger partial charge >= 0.3 is 11.9 Å². The third kappa shape index (κ3) is 4.58. The Morgan fingerprint density at radius 2 is 1.25 bits per heavy atom. The zero-order valence-corrected chi connectivity index (χ0v) is 12.7. The largest absolute Gasteiger partial charge is 0.458 e. The van der Waals surface area contributed by atoms with Crippen LogP contribution >= 0.6 is 0 Å². The molecule has 8 heteroatoms. The van der Waals surface area contributed by atoms with Crippen LogP contribution in [0.3, 0.4) is 0 Å². The molecule has 2 aliphatic rings. The van der Waals surface area contributed by atoms with Gasteiger partial charge in [-0.1, -0.05) is 12.2 Å². The second-order valence-electron chi connectivity index (χ2n) is 4.85. The maximum atomic E-state index is 11.8. The number of ether oxygens (including phenoxy) is 2. The highest BCUT2D eigenvalue weighted by Crippen LogP contribution is 2.10. The molecule has 0 aliphatic heterocycles. The van der Waals surface area contributed by atoms with Gasteiger partial charge in [0.05, 0.1) is 24.0 Å². The molecule has 0 aromatic rings. The van der Waals surface area contributed by atoms with Gasteiger partial charge in [0.15, 0.2) is 0 Å². The predicted octanol–water partition coefficient (Wildman–Crippen LogP) is 1.19. The van der Waals surface area contributed by atoms with Crippen molar-refractivity contribution < 1.29 is 28.6 Å². The lowest BCUT2D eigenvalue weighted by molar-refractivity contribution is -0.146. The van der Waals surface area contributed by atoms with E-state index >= 15 is 0 Å². The average Bonchev–Trinajstić information content (AvgIpc) is 2.65. The van der Waals surface area contributed by atoms with Crippen molar-refractivity contribution in [3.63, 3.8) is 0 Å². The Labute approximate surface area is 137 Å². The fourth-order valence-electron chi connectivity index (χ4n) is 1.96. The molecule has 0 spiro atoms. The number of hydrogen-bond acceptors (Lipinski definition) is 4. The Balaban J connectivity index is 1.72. The first-order valence-corrected chi connectivity index (χ1v) is 7.16. The minimum atomic E-state index is -0.542. The summed E-state index contributed by atoms with van der Waals surface area (Å²) in [5.74, 6) is -1.08. The van der Waals surface area contributed by atoms with Crippen LogP contribution in [0.15, 0.2) is 47.6 Å². The van der Waals surface area contributed by atoms with Crippen LogP contribution in [0.25, 0.3) is 11.1 Å². The normalized spacial score (nSPS) is 15.8. The van der Waals surface area contributed by atoms with Gasteiger partial charge in [0.1, 0.15) is 13.2 Å². The Hall–Kier alpha value is -3.34. The molecule has 0 atom stereocenters. The summed E-state index contributed by atoms with van der Waals surface area (Å²) in [5, 5.41) is 0. The summed E-state index contributed by atoms with van der Waals surface area (Å²) in [5.41, 5.74) is 18.8. The monoisotopic (exact) mass is 326 g/mol. The van der Waals surface area contributed by atoms with E-state index in [-0.39, 0.29) is 13.2 Å². The summed E-state index contributed by atoms with van der Waals surface area (Å²) in [6.07, 6.45) is 9.86. The Morgan fingerprint density at radius 3 is 1.54 bits per heavy atom. The van der Waals surface area contributed by atoms with Gasteiger partial charge in [-0.05, 0) is 12.2 Å². The first kappa shape index (κ1) is 17.0. The summed E-state index contributed by atoms with van der Waals surface area (Å²) >= 11 is 0. The second kappa shape index (κ2) is 8.33. The van der Waals surface area contributed by atoms with Gasteiger partial charge < -0.3 is 20.5 Å². The van der Waals surface area contributed by atoms with E-state index in [1.807, 2.05) is 0 Å². The first-order valence-electron chi connectivity index (χ1n) is 7.16. The fourth-order valence-corrected chi connectivity index (χ4v) is 1.96. The number of carbonyl (C=O) groups is 2. The second-order valence-corrected chi connectivity index (χ2v) is 4.85. The number of allylic oxidation sites excluding steroid dienone is 4. The third-order valence-corrected chi connectivity index (χ3v) is 3.25. The average molecular weight is 326 g/mol. The van der Waals surface area contributed by atoms with E-state index in [0.717, 1.165) is 0 Å². The molecular formula is C16H14N4O4. The molecule has 0 fully saturated rings. The fraction of sp³-hybridized carbons (Fsp3) is 0.250. The molecule has 0 saturated heterocycles. The first-order chi connectivity index (χ1) is 11.6. The molecule has 0 saturated carbocycles. The van der Waals surface area contributed by atoms with Crippen molar-refractivity contribution in [2.24, 2.45) is 0 Å². The van der Waals surface area contributed by atoms with Crippen molar-refractivity contribution in [1.82, 2.24) is 0 Å². The maximum Gasteiger partial charge on any atom is 0.337 e. The molecule has 0 aromatic heterocycles. The molecule has 8 nitrogen and oxygen atoms in total. The zero-order valence-electron chi connectivity index (χ0n) is 12.7. The van der Waals surface area contributed by atoms with Crippen LogP contribution < -0.4 is 0 Å². The van der Waals surface area contributed by atoms with E-state index in [1.54, 1.807) is 12.2 Å². The van der Waals surface area contributed by atoms with Crippen molar-refractivity contribution >= 4 is 23.4 Å². The molecule has 0 heterocycles. The van der Waals surface area contributed by atoms with Gasteiger partial charge in [-0.15, -0.1) is 0 Å². The lowest BCUT2D eigenvalue weighted by atomic mass is 10.1. The number of esters is 2. The van der Waals surface area contributed by atoms with Crippen LogP contribution in [-0.2, 0) is 19.1 Å². The van der Waals surface area contributed by atoms with Gasteiger partial charge in [0, 0.05) is 12.2 Å². The highest BCUT2D eigenvalue weighted by atomic mass is 16.6. The molecule has 0 amide bonds. The van der Waals surface area contributed by atoms with Crippen molar-refractivity contribution in [2.75, 3.05) is 13.2 Å². The van der Waals surface area contributed by atoms with E-state index < -0.39 is 11.9 Å². The molecule has 0 N–H and O–H groups in total. The molecule has 0 radical (unpaired) electrons. The number of rotatable bonds is 5. The van der Waals surface area contributed by atoms with Crippen molar-refractivity contribution in [3.05, 3.63) is 58.7 Å². The van der Waals surface area contributed by atoms with E-state index in [0.29, 0.717) is 35.4 Å². The molecule has 0 bridgehead atoms. The number of hydrogen-bond donors (Lipinski definition) is 0. The molecule has 2 aliphatic carbocycles. The van der Waals surface area contributed by atoms with E-state index in [4.69, 9.17) is 20.5 Å². The van der Waals surface area contributed by atoms with Gasteiger partial charge in [-0.3, -0.25) is 0 Å². The third-order valence-electron chi connectivity index (χ3n) is 3.25. The summed E-state index contributed by atoms with van der Waals surface area (Å²) in [6.45, 7) is -0.145. The van der Waals surface area contributed by atoms with Crippen LogP contribution in [-0.4, -0.2) is 46.2 Å². The van der Waals surface area contributed by atoms with Crippen molar-refractivity contribution in [1.29, 1.82) is 0 Å². The highest BCUT2D eigenvalue weighted by Gasteiger charge is 2.17. The smallest absolute Gasteiger partial charge is 0.337 e. The SMILES string of the molecule is [N-]=[N+]=C1C=CC(C(=O)OCCOC(=O)C2=CCC(=[N+]=[N-])C=C2)=CC1. The van der Waals surface area contributed by atoms with Crippen LogP contribution in [0.1, 0.15) is 12.8 Å². The lowest BCUT2D eigenvalue weighted by Crippen LogP contribution is -2.17. The molecule has 122 valence electrons. The Kier molecular flexibility index (Phi) is 5.91. The number of carbonyl (C=O) groups excluding carboxylic acids is 2. The quantitative estimate of drug-likeness (QED) is 0.325. The van der Waals surface area contributed by atoms with Crippen molar-refractivity contribution in [2.45, 2.75) is 12.8 Å². The summed E-state index contributed by atoms with van der Waals surface area (Å²) in [4.78, 5) is 29.6. The van der Waals surface area contributed by atoms with Crippen LogP contribution in [0.4, 0.5) is 0 Å². The van der Waals surface area contributed by atoms with Gasteiger partial charge in [-0.25, -0.2) is 9.59 Å². The Morgan fingerprint density at radius 1 is 0.833 bits per heavy atom. The lowest BCUT2D eigenvalue weighted by Gasteiger charge is -2.09. The van der Waals surface area contributed by atoms with E-state index in [9.17, 15) is 9.59 Å². The number of nitrogens with zero attached hydrogens (tertiary/aromatic N) is 4. The van der Waals surface area contributed by atoms with E-state index in [2.05, 4.69) is 9.58 Å². The van der Waals surface area contributed by atoms with Crippen LogP contribution in [0.5, 0.6) is 0 Å². The molecule has 0 unspecified atom stereocenters. The minimum absolute atomic E-state index is 0.0724. The summed E-state index contributed by atoms with van der Waals surface area (Å²) < 4.78 is 9.99. The van der Waals surface area contributed by atoms with Crippen molar-refractivity contribution in [3.8, 4) is 0 Å². The minimum Gasteiger partial charge on any atom is -0.458 e. The topological polar surface area (TPSA) is 125 Å². The molecule has 0 aromatic carbocycles. The van der Waals surface area contributed by atoms with E-state index in [1.165, 1.54) is 24.3 Å². The van der Waals surface area contributed by atoms with Gasteiger partial charge in [0.25, 0.3) is 11.4 Å². The summed E-state index contributed by atoms with van der Waals surface area (Å²) in [7, 11) is 0. The summed E-state index contributed by atoms with van der Waals surface area (Å²) in [6, 6.07) is 0. The zero-order chi connectivity index (χ0) is 17.4. The maximum absolute atomic E-state index is 11.8. The standard InChI is InChI=1S/C16H14N4O4/c17-19-13-5-1-11(2-6-13)15(21)23-9-10-24-16(22)12-3-7-14(20-18)8-4-12/h1-5,7H,6,8-10H2. The molecular weight excluding hydrogens is 312 g/mol. The highest BCUT2D eigenvalue weighted by molar-refractivity contribution is 6.01.